The Labute approximate surface area is 223 Å². The number of nitrogens with zero attached hydrogens (tertiary/aromatic N) is 5. The molecule has 0 amide bonds. The molecule has 4 heterocycles. The molecule has 1 aliphatic heterocycles. The van der Waals surface area contributed by atoms with Crippen molar-refractivity contribution >= 4 is 27.3 Å². The first-order valence-corrected chi connectivity index (χ1v) is 12.7. The van der Waals surface area contributed by atoms with Gasteiger partial charge in [0.15, 0.2) is 5.82 Å². The van der Waals surface area contributed by atoms with Crippen molar-refractivity contribution in [2.45, 2.75) is 53.8 Å². The highest BCUT2D eigenvalue weighted by atomic mass is 79.9. The van der Waals surface area contributed by atoms with Crippen LogP contribution in [0.5, 0.6) is 5.75 Å². The van der Waals surface area contributed by atoms with Crippen LogP contribution in [-0.4, -0.2) is 36.9 Å². The van der Waals surface area contributed by atoms with Crippen LogP contribution in [0.1, 0.15) is 54.8 Å². The lowest BCUT2D eigenvalue weighted by atomic mass is 9.99. The summed E-state index contributed by atoms with van der Waals surface area (Å²) in [6, 6.07) is 3.18. The minimum absolute atomic E-state index is 0.0271. The van der Waals surface area contributed by atoms with Gasteiger partial charge in [0.05, 0.1) is 23.3 Å². The number of dihydropyridines is 1. The van der Waals surface area contributed by atoms with Crippen LogP contribution < -0.4 is 10.3 Å². The molecule has 0 fully saturated rings. The van der Waals surface area contributed by atoms with Crippen molar-refractivity contribution in [1.29, 1.82) is 0 Å². The number of aliphatic hydroxyl groups is 1. The van der Waals surface area contributed by atoms with Crippen LogP contribution in [0.25, 0.3) is 5.70 Å². The zero-order chi connectivity index (χ0) is 27.1. The number of hydrogen-bond acceptors (Lipinski definition) is 7. The molecule has 0 aliphatic carbocycles. The Kier molecular flexibility index (Phi) is 7.43. The molecular weight excluding hydrogens is 541 g/mol. The average Bonchev–Trinajstić information content (AvgIpc) is 2.82. The molecule has 3 aromatic rings. The monoisotopic (exact) mass is 569 g/mol. The van der Waals surface area contributed by atoms with Gasteiger partial charge in [-0.3, -0.25) is 19.3 Å². The quantitative estimate of drug-likeness (QED) is 0.463. The van der Waals surface area contributed by atoms with Gasteiger partial charge < -0.3 is 9.84 Å². The largest absolute Gasteiger partial charge is 0.486 e. The summed E-state index contributed by atoms with van der Waals surface area (Å²) in [6.07, 6.45) is 4.68. The van der Waals surface area contributed by atoms with Crippen molar-refractivity contribution < 1.29 is 14.2 Å². The van der Waals surface area contributed by atoms with E-state index in [0.717, 1.165) is 17.5 Å². The second-order valence-corrected chi connectivity index (χ2v) is 10.6. The summed E-state index contributed by atoms with van der Waals surface area (Å²) in [5.74, 6) is 0.240. The van der Waals surface area contributed by atoms with E-state index >= 15 is 0 Å². The highest BCUT2D eigenvalue weighted by molar-refractivity contribution is 9.10. The minimum Gasteiger partial charge on any atom is -0.486 e. The van der Waals surface area contributed by atoms with E-state index in [1.54, 1.807) is 37.6 Å². The Balaban J connectivity index is 1.70. The maximum Gasteiger partial charge on any atom is 0.273 e. The summed E-state index contributed by atoms with van der Waals surface area (Å²) in [7, 11) is 0. The van der Waals surface area contributed by atoms with E-state index in [9.17, 15) is 14.3 Å². The predicted molar refractivity (Wildman–Crippen MR) is 143 cm³/mol. The lowest BCUT2D eigenvalue weighted by Gasteiger charge is -2.25. The van der Waals surface area contributed by atoms with E-state index in [2.05, 4.69) is 30.9 Å². The highest BCUT2D eigenvalue weighted by Gasteiger charge is 2.26. The zero-order valence-electron chi connectivity index (χ0n) is 21.6. The Morgan fingerprint density at radius 3 is 2.59 bits per heavy atom. The van der Waals surface area contributed by atoms with E-state index < -0.39 is 11.4 Å². The van der Waals surface area contributed by atoms with E-state index in [-0.39, 0.29) is 22.6 Å². The van der Waals surface area contributed by atoms with Crippen LogP contribution in [-0.2, 0) is 12.2 Å². The first kappa shape index (κ1) is 26.8. The molecule has 0 aromatic carbocycles. The molecule has 0 radical (unpaired) electrons. The summed E-state index contributed by atoms with van der Waals surface area (Å²) in [6.45, 7) is 11.3. The summed E-state index contributed by atoms with van der Waals surface area (Å²) in [5.41, 5.74) is 3.30. The average molecular weight is 570 g/mol. The molecule has 1 aliphatic rings. The summed E-state index contributed by atoms with van der Waals surface area (Å²) < 4.78 is 21.2. The predicted octanol–water partition coefficient (Wildman–Crippen LogP) is 4.65. The molecule has 0 spiro atoms. The normalized spacial score (nSPS) is 15.9. The number of allylic oxidation sites excluding steroid dienone is 1. The molecule has 0 bridgehead atoms. The standard InChI is InChI=1S/C27H29BrFN5O3/c1-14-7-18(29)12-31-20(14)13-37-22-8-17(4)34(25(35)23(22)28)21-9-19(30-10-15(21)2)24-16(3)11-32-26(33-24)27(5,6)36/h7-9,11-12,15,36H,10,13H2,1-6H3/t15-/m1/s1. The van der Waals surface area contributed by atoms with Gasteiger partial charge in [-0.1, -0.05) is 6.92 Å². The second kappa shape index (κ2) is 10.3. The molecule has 8 nitrogen and oxygen atoms in total. The fraction of sp³-hybridized carbons (Fsp3) is 0.370. The Bertz CT molecular complexity index is 1490. The maximum absolute atomic E-state index is 13.5. The third-order valence-corrected chi connectivity index (χ3v) is 6.89. The van der Waals surface area contributed by atoms with Crippen LogP contribution in [0.4, 0.5) is 4.39 Å². The van der Waals surface area contributed by atoms with E-state index in [1.807, 2.05) is 26.8 Å². The first-order valence-electron chi connectivity index (χ1n) is 11.9. The number of aromatic nitrogens is 4. The Hall–Kier alpha value is -3.24. The second-order valence-electron chi connectivity index (χ2n) is 9.79. The van der Waals surface area contributed by atoms with Gasteiger partial charge in [-0.15, -0.1) is 0 Å². The summed E-state index contributed by atoms with van der Waals surface area (Å²) in [5, 5.41) is 10.4. The van der Waals surface area contributed by atoms with Crippen molar-refractivity contribution in [3.63, 3.8) is 0 Å². The third kappa shape index (κ3) is 5.55. The fourth-order valence-electron chi connectivity index (χ4n) is 4.05. The highest BCUT2D eigenvalue weighted by Crippen LogP contribution is 2.29. The first-order chi connectivity index (χ1) is 17.4. The molecule has 37 heavy (non-hydrogen) atoms. The molecule has 194 valence electrons. The smallest absolute Gasteiger partial charge is 0.273 e. The van der Waals surface area contributed by atoms with E-state index in [1.165, 1.54) is 6.07 Å². The third-order valence-electron chi connectivity index (χ3n) is 6.16. The number of ether oxygens (including phenoxy) is 1. The summed E-state index contributed by atoms with van der Waals surface area (Å²) >= 11 is 3.41. The number of halogens is 2. The van der Waals surface area contributed by atoms with Crippen molar-refractivity contribution in [2.75, 3.05) is 6.54 Å². The van der Waals surface area contributed by atoms with Gasteiger partial charge in [-0.2, -0.15) is 0 Å². The molecule has 1 N–H and O–H groups in total. The van der Waals surface area contributed by atoms with Crippen molar-refractivity contribution in [3.8, 4) is 5.75 Å². The zero-order valence-corrected chi connectivity index (χ0v) is 23.2. The Morgan fingerprint density at radius 1 is 1.19 bits per heavy atom. The van der Waals surface area contributed by atoms with Gasteiger partial charge in [0.25, 0.3) is 5.56 Å². The van der Waals surface area contributed by atoms with Gasteiger partial charge in [0, 0.05) is 36.1 Å². The lowest BCUT2D eigenvalue weighted by Crippen LogP contribution is -2.29. The van der Waals surface area contributed by atoms with Crippen LogP contribution in [0, 0.1) is 32.5 Å². The number of pyridine rings is 2. The molecule has 4 rings (SSSR count). The minimum atomic E-state index is -1.20. The molecular formula is C27H29BrFN5O3. The SMILES string of the molecule is Cc1cc(F)cnc1COc1cc(C)n(C2=CC(c3nc(C(C)(C)O)ncc3C)=NC[C@H]2C)c(=O)c1Br. The van der Waals surface area contributed by atoms with Crippen molar-refractivity contribution in [2.24, 2.45) is 10.9 Å². The van der Waals surface area contributed by atoms with Crippen molar-refractivity contribution in [1.82, 2.24) is 19.5 Å². The van der Waals surface area contributed by atoms with Gasteiger partial charge in [0.2, 0.25) is 0 Å². The number of rotatable bonds is 6. The number of hydrogen-bond donors (Lipinski definition) is 1. The number of aliphatic imine (C=N–C) groups is 1. The topological polar surface area (TPSA) is 102 Å². The van der Waals surface area contributed by atoms with Crippen LogP contribution in [0.3, 0.4) is 0 Å². The molecule has 1 atom stereocenters. The van der Waals surface area contributed by atoms with Gasteiger partial charge in [-0.05, 0) is 73.8 Å². The van der Waals surface area contributed by atoms with Gasteiger partial charge >= 0.3 is 0 Å². The van der Waals surface area contributed by atoms with E-state index in [4.69, 9.17) is 9.73 Å². The van der Waals surface area contributed by atoms with Crippen LogP contribution in [0.2, 0.25) is 0 Å². The molecule has 0 saturated carbocycles. The molecule has 0 saturated heterocycles. The Morgan fingerprint density at radius 2 is 1.92 bits per heavy atom. The number of aryl methyl sites for hydroxylation is 3. The van der Waals surface area contributed by atoms with Crippen molar-refractivity contribution in [3.05, 3.63) is 85.3 Å². The summed E-state index contributed by atoms with van der Waals surface area (Å²) in [4.78, 5) is 31.1. The van der Waals surface area contributed by atoms with Crippen LogP contribution >= 0.6 is 15.9 Å². The molecule has 0 unspecified atom stereocenters. The maximum atomic E-state index is 13.5. The molecule has 3 aromatic heterocycles. The van der Waals surface area contributed by atoms with Crippen LogP contribution in [0.15, 0.2) is 44.9 Å². The van der Waals surface area contributed by atoms with Gasteiger partial charge in [0.1, 0.15) is 28.2 Å². The lowest BCUT2D eigenvalue weighted by molar-refractivity contribution is 0.0686. The van der Waals surface area contributed by atoms with E-state index in [0.29, 0.717) is 46.5 Å². The fourth-order valence-corrected chi connectivity index (χ4v) is 4.46. The van der Waals surface area contributed by atoms with Gasteiger partial charge in [-0.25, -0.2) is 14.4 Å². The molecule has 10 heteroatoms.